The summed E-state index contributed by atoms with van der Waals surface area (Å²) in [5.41, 5.74) is 5.75. The van der Waals surface area contributed by atoms with Gasteiger partial charge in [-0.2, -0.15) is 0 Å². The number of piperazine rings is 1. The molecule has 1 saturated heterocycles. The molecule has 1 heterocycles. The lowest BCUT2D eigenvalue weighted by Crippen LogP contribution is -2.54. The maximum atomic E-state index is 12.5. The fourth-order valence-electron chi connectivity index (χ4n) is 3.27. The van der Waals surface area contributed by atoms with Gasteiger partial charge in [-0.05, 0) is 32.2 Å². The van der Waals surface area contributed by atoms with E-state index in [0.717, 1.165) is 19.3 Å². The van der Waals surface area contributed by atoms with Crippen molar-refractivity contribution in [1.82, 2.24) is 15.1 Å². The third-order valence-corrected chi connectivity index (χ3v) is 4.49. The fourth-order valence-corrected chi connectivity index (χ4v) is 3.27. The van der Waals surface area contributed by atoms with Crippen LogP contribution in [0.25, 0.3) is 0 Å². The third-order valence-electron chi connectivity index (χ3n) is 4.49. The van der Waals surface area contributed by atoms with Crippen molar-refractivity contribution in [3.8, 4) is 0 Å². The van der Waals surface area contributed by atoms with Crippen LogP contribution in [-0.2, 0) is 4.79 Å². The molecule has 114 valence electrons. The Kier molecular flexibility index (Phi) is 5.23. The van der Waals surface area contributed by atoms with Gasteiger partial charge in [0.25, 0.3) is 0 Å². The van der Waals surface area contributed by atoms with Crippen LogP contribution in [0.3, 0.4) is 0 Å². The molecule has 0 aromatic heterocycles. The summed E-state index contributed by atoms with van der Waals surface area (Å²) in [6.07, 6.45) is 3.15. The van der Waals surface area contributed by atoms with Gasteiger partial charge in [-0.3, -0.25) is 4.79 Å². The first kappa shape index (κ1) is 15.1. The largest absolute Gasteiger partial charge is 0.339 e. The van der Waals surface area contributed by atoms with Crippen molar-refractivity contribution in [2.45, 2.75) is 26.2 Å². The molecule has 0 unspecified atom stereocenters. The fraction of sp³-hybridized carbons (Fsp3) is 0.857. The highest BCUT2D eigenvalue weighted by atomic mass is 16.2. The number of rotatable bonds is 3. The van der Waals surface area contributed by atoms with Crippen LogP contribution in [0.5, 0.6) is 0 Å². The van der Waals surface area contributed by atoms with Crippen LogP contribution in [0.2, 0.25) is 0 Å². The molecule has 2 aliphatic rings. The summed E-state index contributed by atoms with van der Waals surface area (Å²) in [6.45, 7) is 5.68. The minimum atomic E-state index is -0.0275. The van der Waals surface area contributed by atoms with E-state index in [-0.39, 0.29) is 17.9 Å². The molecule has 2 fully saturated rings. The monoisotopic (exact) mass is 282 g/mol. The minimum Gasteiger partial charge on any atom is -0.339 e. The summed E-state index contributed by atoms with van der Waals surface area (Å²) in [4.78, 5) is 27.9. The molecule has 0 spiro atoms. The van der Waals surface area contributed by atoms with Crippen LogP contribution in [0, 0.1) is 11.8 Å². The normalized spacial score (nSPS) is 26.7. The van der Waals surface area contributed by atoms with E-state index in [4.69, 9.17) is 5.73 Å². The zero-order chi connectivity index (χ0) is 14.5. The molecule has 1 saturated carbocycles. The Labute approximate surface area is 120 Å². The van der Waals surface area contributed by atoms with Gasteiger partial charge in [0.15, 0.2) is 0 Å². The number of carbonyl (C=O) groups is 2. The lowest BCUT2D eigenvalue weighted by atomic mass is 9.94. The third kappa shape index (κ3) is 3.23. The molecule has 0 radical (unpaired) electrons. The Hall–Kier alpha value is -1.30. The summed E-state index contributed by atoms with van der Waals surface area (Å²) in [5.74, 6) is 0.702. The Morgan fingerprint density at radius 1 is 1.15 bits per heavy atom. The maximum absolute atomic E-state index is 12.5. The van der Waals surface area contributed by atoms with Gasteiger partial charge in [-0.25, -0.2) is 4.79 Å². The van der Waals surface area contributed by atoms with Gasteiger partial charge in [0.05, 0.1) is 0 Å². The predicted octanol–water partition coefficient (Wildman–Crippen LogP) is 0.235. The lowest BCUT2D eigenvalue weighted by molar-refractivity contribution is -0.138. The molecule has 1 aliphatic heterocycles. The maximum Gasteiger partial charge on any atom is 0.317 e. The average Bonchev–Trinajstić information content (AvgIpc) is 2.95. The standard InChI is InChI=1S/C14H26N4O2/c1-2-16-14(20)18-8-6-17(7-9-18)13(19)12-5-3-4-11(12)10-15/h11-12H,2-10,15H2,1H3,(H,16,20)/t11-,12-/m1/s1. The second kappa shape index (κ2) is 6.92. The summed E-state index contributed by atoms with van der Waals surface area (Å²) in [6, 6.07) is -0.0275. The molecule has 0 aromatic carbocycles. The van der Waals surface area contributed by atoms with Crippen molar-refractivity contribution in [1.29, 1.82) is 0 Å². The van der Waals surface area contributed by atoms with E-state index in [1.165, 1.54) is 0 Å². The van der Waals surface area contributed by atoms with E-state index in [2.05, 4.69) is 5.32 Å². The molecule has 0 bridgehead atoms. The zero-order valence-corrected chi connectivity index (χ0v) is 12.3. The molecule has 3 N–H and O–H groups in total. The Morgan fingerprint density at radius 2 is 1.80 bits per heavy atom. The molecule has 0 aromatic rings. The van der Waals surface area contributed by atoms with Crippen molar-refractivity contribution in [2.24, 2.45) is 17.6 Å². The highest BCUT2D eigenvalue weighted by Gasteiger charge is 2.35. The van der Waals surface area contributed by atoms with Crippen molar-refractivity contribution in [2.75, 3.05) is 39.3 Å². The Bertz CT molecular complexity index is 353. The highest BCUT2D eigenvalue weighted by Crippen LogP contribution is 2.32. The van der Waals surface area contributed by atoms with Crippen molar-refractivity contribution in [3.05, 3.63) is 0 Å². The average molecular weight is 282 g/mol. The molecule has 6 heteroatoms. The van der Waals surface area contributed by atoms with Crippen LogP contribution in [0.15, 0.2) is 0 Å². The van der Waals surface area contributed by atoms with Crippen molar-refractivity contribution in [3.63, 3.8) is 0 Å². The number of hydrogen-bond acceptors (Lipinski definition) is 3. The number of nitrogens with two attached hydrogens (primary N) is 1. The number of urea groups is 1. The van der Waals surface area contributed by atoms with Crippen LogP contribution < -0.4 is 11.1 Å². The highest BCUT2D eigenvalue weighted by molar-refractivity contribution is 5.80. The summed E-state index contributed by atoms with van der Waals surface area (Å²) < 4.78 is 0. The molecule has 20 heavy (non-hydrogen) atoms. The second-order valence-corrected chi connectivity index (χ2v) is 5.68. The number of nitrogens with zero attached hydrogens (tertiary/aromatic N) is 2. The van der Waals surface area contributed by atoms with Crippen LogP contribution >= 0.6 is 0 Å². The van der Waals surface area contributed by atoms with Crippen LogP contribution in [0.1, 0.15) is 26.2 Å². The van der Waals surface area contributed by atoms with Crippen molar-refractivity contribution >= 4 is 11.9 Å². The smallest absolute Gasteiger partial charge is 0.317 e. The molecule has 1 aliphatic carbocycles. The number of nitrogens with one attached hydrogen (secondary N) is 1. The van der Waals surface area contributed by atoms with Crippen LogP contribution in [0.4, 0.5) is 4.79 Å². The van der Waals surface area contributed by atoms with Crippen molar-refractivity contribution < 1.29 is 9.59 Å². The van der Waals surface area contributed by atoms with Gasteiger partial charge < -0.3 is 20.9 Å². The predicted molar refractivity (Wildman–Crippen MR) is 77.1 cm³/mol. The van der Waals surface area contributed by atoms with Gasteiger partial charge in [0.2, 0.25) is 5.91 Å². The number of carbonyl (C=O) groups excluding carboxylic acids is 2. The topological polar surface area (TPSA) is 78.7 Å². The van der Waals surface area contributed by atoms with E-state index in [9.17, 15) is 9.59 Å². The number of hydrogen-bond donors (Lipinski definition) is 2. The van der Waals surface area contributed by atoms with Gasteiger partial charge in [0.1, 0.15) is 0 Å². The first-order valence-electron chi connectivity index (χ1n) is 7.69. The summed E-state index contributed by atoms with van der Waals surface area (Å²) >= 11 is 0. The lowest BCUT2D eigenvalue weighted by Gasteiger charge is -2.36. The van der Waals surface area contributed by atoms with Gasteiger partial charge in [0, 0.05) is 38.6 Å². The van der Waals surface area contributed by atoms with Gasteiger partial charge >= 0.3 is 6.03 Å². The minimum absolute atomic E-state index is 0.0275. The van der Waals surface area contributed by atoms with E-state index in [1.54, 1.807) is 4.90 Å². The van der Waals surface area contributed by atoms with E-state index >= 15 is 0 Å². The quantitative estimate of drug-likeness (QED) is 0.778. The molecular weight excluding hydrogens is 256 g/mol. The zero-order valence-electron chi connectivity index (χ0n) is 12.3. The number of amides is 3. The Balaban J connectivity index is 1.84. The second-order valence-electron chi connectivity index (χ2n) is 5.68. The molecule has 3 amide bonds. The van der Waals surface area contributed by atoms with Gasteiger partial charge in [-0.15, -0.1) is 0 Å². The molecule has 2 atom stereocenters. The van der Waals surface area contributed by atoms with E-state index in [1.807, 2.05) is 11.8 Å². The van der Waals surface area contributed by atoms with E-state index in [0.29, 0.717) is 45.2 Å². The first-order valence-corrected chi connectivity index (χ1v) is 7.69. The molecule has 6 nitrogen and oxygen atoms in total. The first-order chi connectivity index (χ1) is 9.67. The SMILES string of the molecule is CCNC(=O)N1CCN(C(=O)[C@@H]2CCC[C@@H]2CN)CC1. The van der Waals surface area contributed by atoms with Crippen LogP contribution in [-0.4, -0.2) is 61.0 Å². The Morgan fingerprint density at radius 3 is 2.40 bits per heavy atom. The molecular formula is C14H26N4O2. The summed E-state index contributed by atoms with van der Waals surface area (Å²) in [5, 5.41) is 2.80. The van der Waals surface area contributed by atoms with Gasteiger partial charge in [-0.1, -0.05) is 6.42 Å². The summed E-state index contributed by atoms with van der Waals surface area (Å²) in [7, 11) is 0. The van der Waals surface area contributed by atoms with E-state index < -0.39 is 0 Å². The molecule has 2 rings (SSSR count).